The molecule has 1 aromatic rings. The van der Waals surface area contributed by atoms with Gasteiger partial charge in [0.05, 0.1) is 7.11 Å². The monoisotopic (exact) mass is 248 g/mol. The number of rotatable bonds is 4. The quantitative estimate of drug-likeness (QED) is 0.838. The molecule has 1 fully saturated rings. The van der Waals surface area contributed by atoms with Crippen LogP contribution in [0.4, 0.5) is 0 Å². The van der Waals surface area contributed by atoms with Gasteiger partial charge >= 0.3 is 0 Å². The van der Waals surface area contributed by atoms with Crippen LogP contribution in [0.25, 0.3) is 0 Å². The molecule has 0 aromatic heterocycles. The van der Waals surface area contributed by atoms with Crippen molar-refractivity contribution in [3.63, 3.8) is 0 Å². The summed E-state index contributed by atoms with van der Waals surface area (Å²) >= 11 is 0. The Morgan fingerprint density at radius 1 is 1.50 bits per heavy atom. The zero-order valence-electron chi connectivity index (χ0n) is 11.0. The number of hydrogen-bond donors (Lipinski definition) is 2. The van der Waals surface area contributed by atoms with Crippen molar-refractivity contribution in [3.05, 3.63) is 29.8 Å². The lowest BCUT2D eigenvalue weighted by Crippen LogP contribution is -2.48. The van der Waals surface area contributed by atoms with Crippen LogP contribution in [-0.2, 0) is 10.2 Å². The Morgan fingerprint density at radius 2 is 2.33 bits per heavy atom. The first-order chi connectivity index (χ1) is 8.70. The molecule has 0 aliphatic carbocycles. The minimum absolute atomic E-state index is 0.119. The smallest absolute Gasteiger partial charge is 0.220 e. The second kappa shape index (κ2) is 5.40. The molecule has 1 heterocycles. The summed E-state index contributed by atoms with van der Waals surface area (Å²) in [6.07, 6.45) is 1.48. The zero-order valence-corrected chi connectivity index (χ0v) is 11.0. The molecule has 4 heteroatoms. The fraction of sp³-hybridized carbons (Fsp3) is 0.500. The van der Waals surface area contributed by atoms with Gasteiger partial charge < -0.3 is 15.4 Å². The van der Waals surface area contributed by atoms with Crippen molar-refractivity contribution in [2.24, 2.45) is 0 Å². The molecule has 0 radical (unpaired) electrons. The maximum atomic E-state index is 11.7. The van der Waals surface area contributed by atoms with Crippen molar-refractivity contribution < 1.29 is 9.53 Å². The number of carbonyl (C=O) groups excluding carboxylic acids is 1. The number of benzene rings is 1. The van der Waals surface area contributed by atoms with Crippen LogP contribution in [0, 0.1) is 0 Å². The summed E-state index contributed by atoms with van der Waals surface area (Å²) in [5.74, 6) is 0.966. The van der Waals surface area contributed by atoms with Gasteiger partial charge in [-0.15, -0.1) is 0 Å². The fourth-order valence-corrected chi connectivity index (χ4v) is 2.69. The first-order valence-corrected chi connectivity index (χ1v) is 6.26. The van der Waals surface area contributed by atoms with Crippen LogP contribution < -0.4 is 15.4 Å². The Kier molecular flexibility index (Phi) is 3.87. The van der Waals surface area contributed by atoms with Gasteiger partial charge in [0.15, 0.2) is 0 Å². The highest BCUT2D eigenvalue weighted by Gasteiger charge is 2.37. The summed E-state index contributed by atoms with van der Waals surface area (Å²) < 4.78 is 5.27. The van der Waals surface area contributed by atoms with Gasteiger partial charge in [0.2, 0.25) is 5.91 Å². The summed E-state index contributed by atoms with van der Waals surface area (Å²) in [6.45, 7) is 1.53. The topological polar surface area (TPSA) is 50.4 Å². The van der Waals surface area contributed by atoms with E-state index in [2.05, 4.69) is 16.7 Å². The highest BCUT2D eigenvalue weighted by molar-refractivity contribution is 5.78. The Labute approximate surface area is 108 Å². The SMILES string of the molecule is CNCC1(c2cccc(OC)c2)CCNC(=O)C1. The number of carbonyl (C=O) groups is 1. The molecule has 1 amide bonds. The molecule has 1 aromatic carbocycles. The highest BCUT2D eigenvalue weighted by atomic mass is 16.5. The van der Waals surface area contributed by atoms with Crippen LogP contribution in [0.2, 0.25) is 0 Å². The van der Waals surface area contributed by atoms with E-state index in [1.54, 1.807) is 7.11 Å². The van der Waals surface area contributed by atoms with E-state index in [1.165, 1.54) is 5.56 Å². The summed E-state index contributed by atoms with van der Waals surface area (Å²) in [5, 5.41) is 6.11. The van der Waals surface area contributed by atoms with Crippen molar-refractivity contribution in [3.8, 4) is 5.75 Å². The largest absolute Gasteiger partial charge is 0.497 e. The van der Waals surface area contributed by atoms with Crippen LogP contribution >= 0.6 is 0 Å². The van der Waals surface area contributed by atoms with Crippen LogP contribution in [0.1, 0.15) is 18.4 Å². The number of piperidine rings is 1. The highest BCUT2D eigenvalue weighted by Crippen LogP contribution is 2.34. The average molecular weight is 248 g/mol. The van der Waals surface area contributed by atoms with Crippen molar-refractivity contribution in [2.45, 2.75) is 18.3 Å². The number of methoxy groups -OCH3 is 1. The molecule has 0 saturated carbocycles. The van der Waals surface area contributed by atoms with E-state index in [1.807, 2.05) is 25.2 Å². The second-order valence-corrected chi connectivity index (χ2v) is 4.82. The van der Waals surface area contributed by atoms with Crippen molar-refractivity contribution in [1.29, 1.82) is 0 Å². The van der Waals surface area contributed by atoms with Gasteiger partial charge in [-0.1, -0.05) is 12.1 Å². The van der Waals surface area contributed by atoms with Gasteiger partial charge in [-0.25, -0.2) is 0 Å². The minimum atomic E-state index is -0.119. The average Bonchev–Trinajstić information content (AvgIpc) is 2.39. The molecule has 1 aliphatic heterocycles. The lowest BCUT2D eigenvalue weighted by atomic mass is 9.73. The Bertz CT molecular complexity index is 430. The maximum Gasteiger partial charge on any atom is 0.220 e. The predicted molar refractivity (Wildman–Crippen MR) is 70.8 cm³/mol. The predicted octanol–water partition coefficient (Wildman–Crippen LogP) is 1.06. The number of likely N-dealkylation sites (N-methyl/N-ethyl adjacent to an activating group) is 1. The van der Waals surface area contributed by atoms with E-state index in [0.29, 0.717) is 6.42 Å². The number of nitrogens with one attached hydrogen (secondary N) is 2. The standard InChI is InChI=1S/C14H20N2O2/c1-15-10-14(6-7-16-13(17)9-14)11-4-3-5-12(8-11)18-2/h3-5,8,15H,6-7,9-10H2,1-2H3,(H,16,17). The Morgan fingerprint density at radius 3 is 3.00 bits per heavy atom. The fourth-order valence-electron chi connectivity index (χ4n) is 2.69. The van der Waals surface area contributed by atoms with E-state index in [-0.39, 0.29) is 11.3 Å². The molecule has 1 atom stereocenters. The minimum Gasteiger partial charge on any atom is -0.497 e. The maximum absolute atomic E-state index is 11.7. The Balaban J connectivity index is 2.35. The van der Waals surface area contributed by atoms with E-state index >= 15 is 0 Å². The third kappa shape index (κ3) is 2.48. The van der Waals surface area contributed by atoms with Gasteiger partial charge in [0.1, 0.15) is 5.75 Å². The lowest BCUT2D eigenvalue weighted by Gasteiger charge is -2.37. The summed E-state index contributed by atoms with van der Waals surface area (Å²) in [4.78, 5) is 11.7. The van der Waals surface area contributed by atoms with E-state index in [4.69, 9.17) is 4.74 Å². The van der Waals surface area contributed by atoms with E-state index in [9.17, 15) is 4.79 Å². The van der Waals surface area contributed by atoms with Gasteiger partial charge in [-0.05, 0) is 31.2 Å². The second-order valence-electron chi connectivity index (χ2n) is 4.82. The van der Waals surface area contributed by atoms with Crippen LogP contribution in [0.3, 0.4) is 0 Å². The van der Waals surface area contributed by atoms with Gasteiger partial charge in [-0.2, -0.15) is 0 Å². The van der Waals surface area contributed by atoms with E-state index < -0.39 is 0 Å². The van der Waals surface area contributed by atoms with Gasteiger partial charge in [-0.3, -0.25) is 4.79 Å². The number of ether oxygens (including phenoxy) is 1. The van der Waals surface area contributed by atoms with Gasteiger partial charge in [0, 0.05) is 24.9 Å². The molecular weight excluding hydrogens is 228 g/mol. The molecular formula is C14H20N2O2. The molecule has 0 bridgehead atoms. The van der Waals surface area contributed by atoms with Crippen LogP contribution in [0.15, 0.2) is 24.3 Å². The molecule has 2 N–H and O–H groups in total. The molecule has 98 valence electrons. The summed E-state index contributed by atoms with van der Waals surface area (Å²) in [7, 11) is 3.59. The van der Waals surface area contributed by atoms with E-state index in [0.717, 1.165) is 25.3 Å². The van der Waals surface area contributed by atoms with Crippen molar-refractivity contribution >= 4 is 5.91 Å². The number of amides is 1. The first-order valence-electron chi connectivity index (χ1n) is 6.26. The zero-order chi connectivity index (χ0) is 13.0. The van der Waals surface area contributed by atoms with Crippen molar-refractivity contribution in [2.75, 3.05) is 27.2 Å². The molecule has 2 rings (SSSR count). The molecule has 18 heavy (non-hydrogen) atoms. The summed E-state index contributed by atoms with van der Waals surface area (Å²) in [6, 6.07) is 8.03. The molecule has 1 aliphatic rings. The van der Waals surface area contributed by atoms with Gasteiger partial charge in [0.25, 0.3) is 0 Å². The van der Waals surface area contributed by atoms with Crippen molar-refractivity contribution in [1.82, 2.24) is 10.6 Å². The van der Waals surface area contributed by atoms with Crippen LogP contribution in [-0.4, -0.2) is 33.2 Å². The molecule has 1 saturated heterocycles. The molecule has 1 unspecified atom stereocenters. The normalized spacial score (nSPS) is 23.6. The lowest BCUT2D eigenvalue weighted by molar-refractivity contribution is -0.124. The first kappa shape index (κ1) is 12.9. The third-order valence-electron chi connectivity index (χ3n) is 3.62. The molecule has 4 nitrogen and oxygen atoms in total. The number of hydrogen-bond acceptors (Lipinski definition) is 3. The Hall–Kier alpha value is -1.55. The summed E-state index contributed by atoms with van der Waals surface area (Å²) in [5.41, 5.74) is 1.05. The molecule has 0 spiro atoms. The third-order valence-corrected chi connectivity index (χ3v) is 3.62. The van der Waals surface area contributed by atoms with Crippen LogP contribution in [0.5, 0.6) is 5.75 Å².